The molecule has 1 amide bonds. The third-order valence-corrected chi connectivity index (χ3v) is 4.37. The summed E-state index contributed by atoms with van der Waals surface area (Å²) in [5.41, 5.74) is 1.26. The predicted octanol–water partition coefficient (Wildman–Crippen LogP) is 2.07. The lowest BCUT2D eigenvalue weighted by molar-refractivity contribution is 0.0153. The van der Waals surface area contributed by atoms with Gasteiger partial charge >= 0.3 is 0 Å². The summed E-state index contributed by atoms with van der Waals surface area (Å²) in [6, 6.07) is 7.58. The van der Waals surface area contributed by atoms with Crippen LogP contribution in [0.15, 0.2) is 35.0 Å². The maximum Gasteiger partial charge on any atom is 0.273 e. The zero-order chi connectivity index (χ0) is 18.4. The highest BCUT2D eigenvalue weighted by atomic mass is 16.5. The maximum absolute atomic E-state index is 12.5. The lowest BCUT2D eigenvalue weighted by Gasteiger charge is -2.34. The molecule has 26 heavy (non-hydrogen) atoms. The molecule has 0 aromatic carbocycles. The third kappa shape index (κ3) is 4.89. The van der Waals surface area contributed by atoms with Crippen LogP contribution in [0.2, 0.25) is 0 Å². The summed E-state index contributed by atoms with van der Waals surface area (Å²) >= 11 is 0. The van der Waals surface area contributed by atoms with Gasteiger partial charge in [-0.05, 0) is 18.1 Å². The van der Waals surface area contributed by atoms with E-state index < -0.39 is 0 Å². The number of rotatable bonds is 7. The molecule has 7 nitrogen and oxygen atoms in total. The molecule has 1 saturated heterocycles. The van der Waals surface area contributed by atoms with Gasteiger partial charge in [-0.3, -0.25) is 14.7 Å². The Morgan fingerprint density at radius 2 is 2.12 bits per heavy atom. The van der Waals surface area contributed by atoms with Gasteiger partial charge in [-0.15, -0.1) is 0 Å². The molecule has 0 bridgehead atoms. The Labute approximate surface area is 153 Å². The van der Waals surface area contributed by atoms with E-state index in [1.54, 1.807) is 12.3 Å². The van der Waals surface area contributed by atoms with E-state index in [2.05, 4.69) is 34.2 Å². The Bertz CT molecular complexity index is 696. The van der Waals surface area contributed by atoms with Crippen LogP contribution in [0.1, 0.15) is 41.8 Å². The van der Waals surface area contributed by atoms with Crippen molar-refractivity contribution in [3.63, 3.8) is 0 Å². The summed E-state index contributed by atoms with van der Waals surface area (Å²) in [6.07, 6.45) is 2.55. The monoisotopic (exact) mass is 358 g/mol. The van der Waals surface area contributed by atoms with Crippen LogP contribution in [0.3, 0.4) is 0 Å². The number of carbonyl (C=O) groups is 1. The van der Waals surface area contributed by atoms with E-state index in [-0.39, 0.29) is 11.9 Å². The molecule has 1 fully saturated rings. The minimum absolute atomic E-state index is 0.00563. The number of morpholine rings is 1. The zero-order valence-corrected chi connectivity index (χ0v) is 15.4. The number of hydrogen-bond donors (Lipinski definition) is 1. The number of nitrogens with one attached hydrogen (secondary N) is 1. The van der Waals surface area contributed by atoms with Gasteiger partial charge < -0.3 is 14.6 Å². The normalized spacial score (nSPS) is 16.6. The van der Waals surface area contributed by atoms with Gasteiger partial charge in [0.05, 0.1) is 24.9 Å². The summed E-state index contributed by atoms with van der Waals surface area (Å²) in [5.74, 6) is 0.964. The Kier molecular flexibility index (Phi) is 6.35. The van der Waals surface area contributed by atoms with E-state index in [0.29, 0.717) is 31.4 Å². The molecule has 0 saturated carbocycles. The van der Waals surface area contributed by atoms with Gasteiger partial charge in [-0.2, -0.15) is 0 Å². The van der Waals surface area contributed by atoms with Crippen molar-refractivity contribution in [2.45, 2.75) is 26.3 Å². The third-order valence-electron chi connectivity index (χ3n) is 4.37. The molecule has 2 aromatic rings. The van der Waals surface area contributed by atoms with E-state index in [9.17, 15) is 4.79 Å². The molecule has 1 aliphatic rings. The van der Waals surface area contributed by atoms with Crippen LogP contribution in [0.4, 0.5) is 0 Å². The van der Waals surface area contributed by atoms with Gasteiger partial charge in [0.2, 0.25) is 0 Å². The molecule has 1 N–H and O–H groups in total. The molecule has 0 spiro atoms. The van der Waals surface area contributed by atoms with Crippen molar-refractivity contribution in [2.75, 3.05) is 32.8 Å². The van der Waals surface area contributed by atoms with Gasteiger partial charge in [0, 0.05) is 38.3 Å². The van der Waals surface area contributed by atoms with E-state index in [0.717, 1.165) is 31.0 Å². The van der Waals surface area contributed by atoms with Crippen LogP contribution in [0.5, 0.6) is 0 Å². The van der Waals surface area contributed by atoms with E-state index in [4.69, 9.17) is 9.26 Å². The summed E-state index contributed by atoms with van der Waals surface area (Å²) in [7, 11) is 0. The first kappa shape index (κ1) is 18.5. The van der Waals surface area contributed by atoms with Gasteiger partial charge in [-0.1, -0.05) is 25.1 Å². The molecule has 1 unspecified atom stereocenters. The fourth-order valence-corrected chi connectivity index (χ4v) is 3.08. The summed E-state index contributed by atoms with van der Waals surface area (Å²) in [4.78, 5) is 19.2. The zero-order valence-electron chi connectivity index (χ0n) is 15.4. The minimum Gasteiger partial charge on any atom is -0.379 e. The fraction of sp³-hybridized carbons (Fsp3) is 0.526. The molecule has 0 radical (unpaired) electrons. The maximum atomic E-state index is 12.5. The van der Waals surface area contributed by atoms with Gasteiger partial charge in [0.15, 0.2) is 5.69 Å². The second-order valence-corrected chi connectivity index (χ2v) is 6.91. The van der Waals surface area contributed by atoms with Crippen molar-refractivity contribution in [1.29, 1.82) is 0 Å². The number of amides is 1. The molecule has 7 heteroatoms. The van der Waals surface area contributed by atoms with Crippen molar-refractivity contribution in [3.05, 3.63) is 47.6 Å². The predicted molar refractivity (Wildman–Crippen MR) is 96.7 cm³/mol. The summed E-state index contributed by atoms with van der Waals surface area (Å²) in [5, 5.41) is 6.87. The Morgan fingerprint density at radius 3 is 2.81 bits per heavy atom. The average molecular weight is 358 g/mol. The van der Waals surface area contributed by atoms with Gasteiger partial charge in [0.1, 0.15) is 5.76 Å². The number of pyridine rings is 1. The van der Waals surface area contributed by atoms with Crippen molar-refractivity contribution < 1.29 is 14.1 Å². The SMILES string of the molecule is CC(C)Cc1cc(C(=O)NCC(c2ccccn2)N2CCOCC2)no1. The van der Waals surface area contributed by atoms with Gasteiger partial charge in [-0.25, -0.2) is 0 Å². The first-order valence-corrected chi connectivity index (χ1v) is 9.10. The highest BCUT2D eigenvalue weighted by Gasteiger charge is 2.25. The summed E-state index contributed by atoms with van der Waals surface area (Å²) < 4.78 is 10.7. The van der Waals surface area contributed by atoms with Crippen LogP contribution >= 0.6 is 0 Å². The number of hydrogen-bond acceptors (Lipinski definition) is 6. The van der Waals surface area contributed by atoms with E-state index in [1.165, 1.54) is 0 Å². The quantitative estimate of drug-likeness (QED) is 0.816. The largest absolute Gasteiger partial charge is 0.379 e. The highest BCUT2D eigenvalue weighted by molar-refractivity contribution is 5.92. The molecule has 1 aliphatic heterocycles. The standard InChI is InChI=1S/C19H26N4O3/c1-14(2)11-15-12-17(22-26-15)19(24)21-13-18(16-5-3-4-6-20-16)23-7-9-25-10-8-23/h3-6,12,14,18H,7-11,13H2,1-2H3,(H,21,24). The number of carbonyl (C=O) groups excluding carboxylic acids is 1. The molecule has 3 heterocycles. The Morgan fingerprint density at radius 1 is 1.31 bits per heavy atom. The smallest absolute Gasteiger partial charge is 0.273 e. The van der Waals surface area contributed by atoms with Crippen LogP contribution < -0.4 is 5.32 Å². The molecule has 2 aromatic heterocycles. The number of nitrogens with zero attached hydrogens (tertiary/aromatic N) is 3. The first-order chi connectivity index (χ1) is 12.6. The lowest BCUT2D eigenvalue weighted by Crippen LogP contribution is -2.44. The van der Waals surface area contributed by atoms with Gasteiger partial charge in [0.25, 0.3) is 5.91 Å². The number of ether oxygens (including phenoxy) is 1. The van der Waals surface area contributed by atoms with Crippen molar-refractivity contribution in [3.8, 4) is 0 Å². The van der Waals surface area contributed by atoms with Crippen molar-refractivity contribution in [1.82, 2.24) is 20.4 Å². The molecule has 140 valence electrons. The fourth-order valence-electron chi connectivity index (χ4n) is 3.08. The van der Waals surface area contributed by atoms with E-state index in [1.807, 2.05) is 18.2 Å². The molecule has 3 rings (SSSR count). The van der Waals surface area contributed by atoms with Crippen molar-refractivity contribution in [2.24, 2.45) is 5.92 Å². The minimum atomic E-state index is -0.224. The molecular weight excluding hydrogens is 332 g/mol. The first-order valence-electron chi connectivity index (χ1n) is 9.10. The second-order valence-electron chi connectivity index (χ2n) is 6.91. The van der Waals surface area contributed by atoms with Crippen molar-refractivity contribution >= 4 is 5.91 Å². The topological polar surface area (TPSA) is 80.5 Å². The Hall–Kier alpha value is -2.25. The van der Waals surface area contributed by atoms with Crippen LogP contribution in [0, 0.1) is 5.92 Å². The van der Waals surface area contributed by atoms with Crippen LogP contribution in [-0.4, -0.2) is 53.8 Å². The lowest BCUT2D eigenvalue weighted by atomic mass is 10.1. The second kappa shape index (κ2) is 8.91. The summed E-state index contributed by atoms with van der Waals surface area (Å²) in [6.45, 7) is 7.68. The molecule has 1 atom stereocenters. The average Bonchev–Trinajstić information content (AvgIpc) is 3.11. The Balaban J connectivity index is 1.65. The van der Waals surface area contributed by atoms with Crippen LogP contribution in [0.25, 0.3) is 0 Å². The molecule has 0 aliphatic carbocycles. The van der Waals surface area contributed by atoms with Crippen LogP contribution in [-0.2, 0) is 11.2 Å². The number of aromatic nitrogens is 2. The molecular formula is C19H26N4O3. The van der Waals surface area contributed by atoms with E-state index >= 15 is 0 Å². The highest BCUT2D eigenvalue weighted by Crippen LogP contribution is 2.19.